The van der Waals surface area contributed by atoms with Crippen LogP contribution in [0.5, 0.6) is 0 Å². The Labute approximate surface area is 72.2 Å². The standard InChI is InChI=1S/C8H9N.Mo/c1-6-4-3-5-7(2)8(6)9;/h3-5H,1-2H3;. The first kappa shape index (κ1) is 7.81. The van der Waals surface area contributed by atoms with Gasteiger partial charge in [0.2, 0.25) is 0 Å². The topological polar surface area (TPSA) is 12.4 Å². The Balaban J connectivity index is 3.30. The Hall–Kier alpha value is -0.292. The summed E-state index contributed by atoms with van der Waals surface area (Å²) in [7, 11) is 0. The molecule has 0 radical (unpaired) electrons. The first-order chi connectivity index (χ1) is 4.75. The summed E-state index contributed by atoms with van der Waals surface area (Å²) in [5, 5.41) is 0. The van der Waals surface area contributed by atoms with Gasteiger partial charge in [0.25, 0.3) is 0 Å². The van der Waals surface area contributed by atoms with Crippen molar-refractivity contribution in [3.8, 4) is 0 Å². The Bertz CT molecular complexity index is 235. The van der Waals surface area contributed by atoms with Crippen LogP contribution in [0.1, 0.15) is 11.1 Å². The van der Waals surface area contributed by atoms with Crippen molar-refractivity contribution in [1.29, 1.82) is 0 Å². The van der Waals surface area contributed by atoms with Gasteiger partial charge in [-0.25, -0.2) is 0 Å². The van der Waals surface area contributed by atoms with Gasteiger partial charge in [-0.3, -0.25) is 0 Å². The molecule has 0 heterocycles. The Morgan fingerprint density at radius 2 is 1.70 bits per heavy atom. The average Bonchev–Trinajstić information content (AvgIpc) is 1.88. The van der Waals surface area contributed by atoms with Gasteiger partial charge in [0.15, 0.2) is 0 Å². The molecule has 1 aromatic carbocycles. The third-order valence-corrected chi connectivity index (χ3v) is 1.98. The molecule has 0 aliphatic carbocycles. The van der Waals surface area contributed by atoms with Crippen LogP contribution in [0.2, 0.25) is 0 Å². The van der Waals surface area contributed by atoms with Gasteiger partial charge in [-0.15, -0.1) is 0 Å². The van der Waals surface area contributed by atoms with Crippen molar-refractivity contribution in [3.63, 3.8) is 0 Å². The Kier molecular flexibility index (Phi) is 2.50. The molecule has 0 amide bonds. The van der Waals surface area contributed by atoms with Crippen LogP contribution in [-0.4, -0.2) is 0 Å². The summed E-state index contributed by atoms with van der Waals surface area (Å²) in [5.41, 5.74) is 3.64. The Morgan fingerprint density at radius 1 is 1.20 bits per heavy atom. The Morgan fingerprint density at radius 3 is 2.00 bits per heavy atom. The molecule has 0 spiro atoms. The maximum absolute atomic E-state index is 4.18. The molecule has 52 valence electrons. The molecular weight excluding hydrogens is 206 g/mol. The van der Waals surface area contributed by atoms with E-state index in [9.17, 15) is 0 Å². The zero-order valence-corrected chi connectivity index (χ0v) is 8.09. The molecule has 0 fully saturated rings. The molecule has 0 N–H and O–H groups in total. The van der Waals surface area contributed by atoms with Gasteiger partial charge in [-0.05, 0) is 0 Å². The first-order valence-corrected chi connectivity index (χ1v) is 4.05. The summed E-state index contributed by atoms with van der Waals surface area (Å²) in [6.45, 7) is 4.16. The van der Waals surface area contributed by atoms with E-state index in [2.05, 4.69) is 35.5 Å². The third kappa shape index (κ3) is 1.41. The van der Waals surface area contributed by atoms with Crippen LogP contribution in [0, 0.1) is 13.8 Å². The predicted molar refractivity (Wildman–Crippen MR) is 38.0 cm³/mol. The molecule has 0 aromatic heterocycles. The van der Waals surface area contributed by atoms with E-state index in [0.29, 0.717) is 0 Å². The zero-order valence-electron chi connectivity index (χ0n) is 6.09. The molecule has 0 atom stereocenters. The fourth-order valence-electron chi connectivity index (χ4n) is 0.950. The van der Waals surface area contributed by atoms with Crippen LogP contribution in [0.3, 0.4) is 0 Å². The number of rotatable bonds is 1. The molecule has 10 heavy (non-hydrogen) atoms. The van der Waals surface area contributed by atoms with E-state index in [-0.39, 0.29) is 0 Å². The molecule has 1 rings (SSSR count). The van der Waals surface area contributed by atoms with Crippen molar-refractivity contribution in [2.24, 2.45) is 3.50 Å². The summed E-state index contributed by atoms with van der Waals surface area (Å²) in [6.07, 6.45) is 0. The van der Waals surface area contributed by atoms with E-state index in [1.54, 1.807) is 19.6 Å². The molecular formula is C8H9MoN. The van der Waals surface area contributed by atoms with Crippen molar-refractivity contribution < 1.29 is 19.6 Å². The molecule has 2 heteroatoms. The molecule has 1 nitrogen and oxygen atoms in total. The second-order valence-electron chi connectivity index (χ2n) is 2.33. The summed E-state index contributed by atoms with van der Waals surface area (Å²) in [6, 6.07) is 6.22. The van der Waals surface area contributed by atoms with Gasteiger partial charge < -0.3 is 0 Å². The number of aryl methyl sites for hydroxylation is 2. The van der Waals surface area contributed by atoms with Crippen LogP contribution in [0.25, 0.3) is 0 Å². The van der Waals surface area contributed by atoms with Gasteiger partial charge in [-0.2, -0.15) is 0 Å². The minimum atomic E-state index is 1.13. The first-order valence-electron chi connectivity index (χ1n) is 3.15. The third-order valence-electron chi connectivity index (χ3n) is 1.53. The van der Waals surface area contributed by atoms with E-state index in [0.717, 1.165) is 5.69 Å². The number of nitrogens with zero attached hydrogens (tertiary/aromatic N) is 1. The number of benzene rings is 1. The van der Waals surface area contributed by atoms with Gasteiger partial charge in [0.1, 0.15) is 0 Å². The summed E-state index contributed by atoms with van der Waals surface area (Å²) >= 11 is 1.76. The second kappa shape index (κ2) is 3.20. The van der Waals surface area contributed by atoms with Crippen molar-refractivity contribution in [2.45, 2.75) is 13.8 Å². The molecule has 0 saturated carbocycles. The molecule has 0 aliphatic heterocycles. The quantitative estimate of drug-likeness (QED) is 0.638. The molecule has 0 bridgehead atoms. The number of hydrogen-bond donors (Lipinski definition) is 0. The van der Waals surface area contributed by atoms with E-state index in [1.807, 2.05) is 0 Å². The van der Waals surface area contributed by atoms with Crippen LogP contribution in [0.4, 0.5) is 5.69 Å². The summed E-state index contributed by atoms with van der Waals surface area (Å²) in [4.78, 5) is 0. The van der Waals surface area contributed by atoms with Crippen molar-refractivity contribution in [1.82, 2.24) is 0 Å². The van der Waals surface area contributed by atoms with E-state index >= 15 is 0 Å². The van der Waals surface area contributed by atoms with Crippen LogP contribution >= 0.6 is 0 Å². The minimum absolute atomic E-state index is 1.13. The maximum atomic E-state index is 4.18. The normalized spacial score (nSPS) is 9.40. The van der Waals surface area contributed by atoms with E-state index in [4.69, 9.17) is 0 Å². The molecule has 1 aromatic rings. The summed E-state index contributed by atoms with van der Waals surface area (Å²) in [5.74, 6) is 0. The van der Waals surface area contributed by atoms with E-state index in [1.165, 1.54) is 11.1 Å². The van der Waals surface area contributed by atoms with Gasteiger partial charge in [0, 0.05) is 0 Å². The monoisotopic (exact) mass is 217 g/mol. The van der Waals surface area contributed by atoms with E-state index < -0.39 is 0 Å². The van der Waals surface area contributed by atoms with Gasteiger partial charge in [0.05, 0.1) is 0 Å². The second-order valence-corrected chi connectivity index (χ2v) is 2.78. The fourth-order valence-corrected chi connectivity index (χ4v) is 1.66. The zero-order chi connectivity index (χ0) is 7.56. The predicted octanol–water partition coefficient (Wildman–Crippen LogP) is 2.67. The fraction of sp³-hybridized carbons (Fsp3) is 0.250. The van der Waals surface area contributed by atoms with Crippen LogP contribution < -0.4 is 0 Å². The van der Waals surface area contributed by atoms with Crippen molar-refractivity contribution >= 4 is 5.69 Å². The molecule has 0 unspecified atom stereocenters. The molecule has 0 aliphatic rings. The molecule has 0 saturated heterocycles. The van der Waals surface area contributed by atoms with Crippen molar-refractivity contribution in [3.05, 3.63) is 29.3 Å². The van der Waals surface area contributed by atoms with Crippen LogP contribution in [0.15, 0.2) is 21.7 Å². The number of hydrogen-bond acceptors (Lipinski definition) is 1. The van der Waals surface area contributed by atoms with Gasteiger partial charge in [-0.1, -0.05) is 0 Å². The summed E-state index contributed by atoms with van der Waals surface area (Å²) < 4.78 is 4.18. The van der Waals surface area contributed by atoms with Crippen molar-refractivity contribution in [2.75, 3.05) is 0 Å². The average molecular weight is 215 g/mol. The van der Waals surface area contributed by atoms with Gasteiger partial charge >= 0.3 is 72.0 Å². The van der Waals surface area contributed by atoms with Crippen LogP contribution in [-0.2, 0) is 19.6 Å². The SMILES string of the molecule is Cc1cccc(C)c1[N]=[Mo].